The van der Waals surface area contributed by atoms with E-state index in [1.54, 1.807) is 17.5 Å². The van der Waals surface area contributed by atoms with Crippen molar-refractivity contribution in [3.8, 4) is 11.3 Å². The van der Waals surface area contributed by atoms with Crippen LogP contribution in [0, 0.1) is 6.92 Å². The molecule has 1 aromatic carbocycles. The van der Waals surface area contributed by atoms with Gasteiger partial charge in [0.15, 0.2) is 0 Å². The lowest BCUT2D eigenvalue weighted by Crippen LogP contribution is -1.99. The maximum atomic E-state index is 10.5. The Balaban J connectivity index is 2.04. The third-order valence-electron chi connectivity index (χ3n) is 3.18. The molecule has 1 unspecified atom stereocenters. The van der Waals surface area contributed by atoms with Crippen LogP contribution in [0.1, 0.15) is 22.1 Å². The van der Waals surface area contributed by atoms with Crippen molar-refractivity contribution in [2.24, 2.45) is 0 Å². The summed E-state index contributed by atoms with van der Waals surface area (Å²) in [5.41, 5.74) is 3.83. The number of H-pyrrole nitrogens is 1. The molecule has 3 rings (SSSR count). The lowest BCUT2D eigenvalue weighted by molar-refractivity contribution is 0.224. The Labute approximate surface area is 115 Å². The van der Waals surface area contributed by atoms with Crippen LogP contribution in [0.5, 0.6) is 0 Å². The van der Waals surface area contributed by atoms with Crippen LogP contribution in [0.15, 0.2) is 48.0 Å². The largest absolute Gasteiger partial charge is 0.383 e. The van der Waals surface area contributed by atoms with Crippen LogP contribution in [-0.2, 0) is 0 Å². The van der Waals surface area contributed by atoms with E-state index in [2.05, 4.69) is 10.2 Å². The van der Waals surface area contributed by atoms with Crippen molar-refractivity contribution >= 4 is 11.3 Å². The van der Waals surface area contributed by atoms with Crippen LogP contribution in [-0.4, -0.2) is 15.3 Å². The van der Waals surface area contributed by atoms with Gasteiger partial charge in [-0.25, -0.2) is 0 Å². The number of nitrogens with one attached hydrogen (secondary N) is 1. The summed E-state index contributed by atoms with van der Waals surface area (Å²) in [7, 11) is 0. The lowest BCUT2D eigenvalue weighted by Gasteiger charge is -2.10. The molecule has 19 heavy (non-hydrogen) atoms. The van der Waals surface area contributed by atoms with E-state index in [4.69, 9.17) is 0 Å². The Bertz CT molecular complexity index is 672. The van der Waals surface area contributed by atoms with Crippen molar-refractivity contribution in [1.29, 1.82) is 0 Å². The van der Waals surface area contributed by atoms with Crippen LogP contribution in [0.2, 0.25) is 0 Å². The van der Waals surface area contributed by atoms with Gasteiger partial charge in [-0.3, -0.25) is 5.10 Å². The predicted octanol–water partition coefficient (Wildman–Crippen LogP) is 3.53. The number of aliphatic hydroxyl groups excluding tert-OH is 1. The molecule has 0 amide bonds. The summed E-state index contributed by atoms with van der Waals surface area (Å²) < 4.78 is 0. The maximum absolute atomic E-state index is 10.5. The molecule has 1 atom stereocenters. The topological polar surface area (TPSA) is 48.9 Å². The molecule has 0 saturated carbocycles. The third-order valence-corrected chi connectivity index (χ3v) is 4.25. The minimum Gasteiger partial charge on any atom is -0.383 e. The standard InChI is InChI=1S/C15H14N2OS/c1-10-7-8-19-15(10)14(18)12-9-16-17-13(12)11-5-3-2-4-6-11/h2-9,14,18H,1H3,(H,16,17). The van der Waals surface area contributed by atoms with Crippen LogP contribution < -0.4 is 0 Å². The van der Waals surface area contributed by atoms with Gasteiger partial charge < -0.3 is 5.11 Å². The number of aromatic nitrogens is 2. The Morgan fingerprint density at radius 1 is 1.21 bits per heavy atom. The second-order valence-electron chi connectivity index (χ2n) is 4.44. The Hall–Kier alpha value is -1.91. The summed E-state index contributed by atoms with van der Waals surface area (Å²) in [6.45, 7) is 2.01. The minimum absolute atomic E-state index is 0.631. The average molecular weight is 270 g/mol. The molecule has 0 saturated heterocycles. The molecule has 96 valence electrons. The zero-order valence-corrected chi connectivity index (χ0v) is 11.3. The Morgan fingerprint density at radius 3 is 2.68 bits per heavy atom. The average Bonchev–Trinajstić information content (AvgIpc) is 3.07. The normalized spacial score (nSPS) is 12.5. The van der Waals surface area contributed by atoms with Crippen molar-refractivity contribution in [3.63, 3.8) is 0 Å². The predicted molar refractivity (Wildman–Crippen MR) is 77.1 cm³/mol. The van der Waals surface area contributed by atoms with Crippen molar-refractivity contribution in [2.75, 3.05) is 0 Å². The number of aryl methyl sites for hydroxylation is 1. The van der Waals surface area contributed by atoms with Gasteiger partial charge in [0.2, 0.25) is 0 Å². The van der Waals surface area contributed by atoms with Gasteiger partial charge in [-0.1, -0.05) is 30.3 Å². The highest BCUT2D eigenvalue weighted by Gasteiger charge is 2.20. The van der Waals surface area contributed by atoms with Gasteiger partial charge in [0.05, 0.1) is 11.9 Å². The number of aromatic amines is 1. The first-order valence-corrected chi connectivity index (χ1v) is 6.96. The fourth-order valence-corrected chi connectivity index (χ4v) is 3.07. The van der Waals surface area contributed by atoms with E-state index in [0.29, 0.717) is 0 Å². The van der Waals surface area contributed by atoms with Gasteiger partial charge in [-0.05, 0) is 29.5 Å². The highest BCUT2D eigenvalue weighted by Crippen LogP contribution is 2.33. The summed E-state index contributed by atoms with van der Waals surface area (Å²) >= 11 is 1.57. The summed E-state index contributed by atoms with van der Waals surface area (Å²) in [6.07, 6.45) is 1.07. The number of nitrogens with zero attached hydrogens (tertiary/aromatic N) is 1. The van der Waals surface area contributed by atoms with Gasteiger partial charge >= 0.3 is 0 Å². The van der Waals surface area contributed by atoms with Gasteiger partial charge in [0, 0.05) is 10.4 Å². The zero-order chi connectivity index (χ0) is 13.2. The molecule has 3 aromatic rings. The number of hydrogen-bond acceptors (Lipinski definition) is 3. The molecular formula is C15H14N2OS. The van der Waals surface area contributed by atoms with E-state index in [9.17, 15) is 5.11 Å². The second-order valence-corrected chi connectivity index (χ2v) is 5.38. The molecule has 2 heterocycles. The van der Waals surface area contributed by atoms with E-state index < -0.39 is 6.10 Å². The first-order chi connectivity index (χ1) is 9.27. The summed E-state index contributed by atoms with van der Waals surface area (Å²) in [4.78, 5) is 0.971. The summed E-state index contributed by atoms with van der Waals surface area (Å²) in [6, 6.07) is 12.0. The van der Waals surface area contributed by atoms with E-state index in [-0.39, 0.29) is 0 Å². The molecule has 0 aliphatic carbocycles. The van der Waals surface area contributed by atoms with Crippen LogP contribution in [0.25, 0.3) is 11.3 Å². The molecule has 4 heteroatoms. The highest BCUT2D eigenvalue weighted by atomic mass is 32.1. The third kappa shape index (κ3) is 2.20. The SMILES string of the molecule is Cc1ccsc1C(O)c1cn[nH]c1-c1ccccc1. The van der Waals surface area contributed by atoms with Gasteiger partial charge in [-0.15, -0.1) is 11.3 Å². The van der Waals surface area contributed by atoms with Gasteiger partial charge in [0.25, 0.3) is 0 Å². The van der Waals surface area contributed by atoms with Gasteiger partial charge in [-0.2, -0.15) is 5.10 Å². The molecule has 2 N–H and O–H groups in total. The highest BCUT2D eigenvalue weighted by molar-refractivity contribution is 7.10. The van der Waals surface area contributed by atoms with Crippen molar-refractivity contribution in [1.82, 2.24) is 10.2 Å². The molecule has 3 nitrogen and oxygen atoms in total. The smallest absolute Gasteiger partial charge is 0.117 e. The molecule has 0 bridgehead atoms. The van der Waals surface area contributed by atoms with Crippen LogP contribution >= 0.6 is 11.3 Å². The fraction of sp³-hybridized carbons (Fsp3) is 0.133. The first kappa shape index (κ1) is 12.1. The van der Waals surface area contributed by atoms with Crippen molar-refractivity contribution in [2.45, 2.75) is 13.0 Å². The van der Waals surface area contributed by atoms with Crippen molar-refractivity contribution in [3.05, 3.63) is 64.0 Å². The molecular weight excluding hydrogens is 256 g/mol. The quantitative estimate of drug-likeness (QED) is 0.765. The zero-order valence-electron chi connectivity index (χ0n) is 10.5. The maximum Gasteiger partial charge on any atom is 0.117 e. The van der Waals surface area contributed by atoms with E-state index in [1.165, 1.54) is 0 Å². The molecule has 0 aliphatic rings. The number of rotatable bonds is 3. The monoisotopic (exact) mass is 270 g/mol. The fourth-order valence-electron chi connectivity index (χ4n) is 2.14. The number of hydrogen-bond donors (Lipinski definition) is 2. The molecule has 0 aliphatic heterocycles. The van der Waals surface area contributed by atoms with Crippen LogP contribution in [0.3, 0.4) is 0 Å². The second kappa shape index (κ2) is 4.99. The van der Waals surface area contributed by atoms with Crippen LogP contribution in [0.4, 0.5) is 0 Å². The van der Waals surface area contributed by atoms with E-state index in [0.717, 1.165) is 27.3 Å². The van der Waals surface area contributed by atoms with E-state index >= 15 is 0 Å². The first-order valence-electron chi connectivity index (χ1n) is 6.08. The molecule has 0 fully saturated rings. The van der Waals surface area contributed by atoms with E-state index in [1.807, 2.05) is 48.7 Å². The number of thiophene rings is 1. The Kier molecular flexibility index (Phi) is 3.19. The molecule has 2 aromatic heterocycles. The minimum atomic E-state index is -0.631. The summed E-state index contributed by atoms with van der Waals surface area (Å²) in [5.74, 6) is 0. The number of benzene rings is 1. The summed E-state index contributed by atoms with van der Waals surface area (Å²) in [5, 5.41) is 19.6. The molecule has 0 spiro atoms. The number of aliphatic hydroxyl groups is 1. The van der Waals surface area contributed by atoms with Crippen molar-refractivity contribution < 1.29 is 5.11 Å². The molecule has 0 radical (unpaired) electrons. The Morgan fingerprint density at radius 2 is 2.00 bits per heavy atom. The lowest BCUT2D eigenvalue weighted by atomic mass is 10.0. The van der Waals surface area contributed by atoms with Gasteiger partial charge in [0.1, 0.15) is 6.10 Å².